The molecule has 0 amide bonds. The van der Waals surface area contributed by atoms with Gasteiger partial charge in [-0.3, -0.25) is 0 Å². The predicted octanol–water partition coefficient (Wildman–Crippen LogP) is 3.37. The fourth-order valence-electron chi connectivity index (χ4n) is 2.00. The lowest BCUT2D eigenvalue weighted by Gasteiger charge is -2.10. The zero-order valence-corrected chi connectivity index (χ0v) is 10.6. The smallest absolute Gasteiger partial charge is 0.335 e. The van der Waals surface area contributed by atoms with E-state index in [0.29, 0.717) is 12.0 Å². The molecule has 0 fully saturated rings. The Kier molecular flexibility index (Phi) is 4.11. The molecule has 0 bridgehead atoms. The van der Waals surface area contributed by atoms with E-state index in [1.54, 1.807) is 30.3 Å². The van der Waals surface area contributed by atoms with Gasteiger partial charge in [0.05, 0.1) is 17.6 Å². The van der Waals surface area contributed by atoms with Crippen molar-refractivity contribution in [2.45, 2.75) is 12.3 Å². The molecule has 0 spiro atoms. The summed E-state index contributed by atoms with van der Waals surface area (Å²) in [6, 6.07) is 14.5. The third-order valence-corrected chi connectivity index (χ3v) is 3.08. The molecule has 0 aliphatic heterocycles. The number of hydrogen-bond donors (Lipinski definition) is 1. The maximum atomic E-state index is 13.7. The molecule has 0 heterocycles. The molecule has 2 rings (SSSR count). The van der Waals surface area contributed by atoms with Gasteiger partial charge in [0.15, 0.2) is 0 Å². The van der Waals surface area contributed by atoms with Crippen LogP contribution in [0.15, 0.2) is 48.5 Å². The van der Waals surface area contributed by atoms with E-state index in [0.717, 1.165) is 5.56 Å². The first-order valence-electron chi connectivity index (χ1n) is 6.08. The maximum absolute atomic E-state index is 13.7. The normalized spacial score (nSPS) is 11.6. The van der Waals surface area contributed by atoms with Gasteiger partial charge in [-0.15, -0.1) is 0 Å². The first-order valence-corrected chi connectivity index (χ1v) is 6.08. The van der Waals surface area contributed by atoms with Crippen LogP contribution < -0.4 is 0 Å². The van der Waals surface area contributed by atoms with Crippen LogP contribution in [0.25, 0.3) is 0 Å². The SMILES string of the molecule is N#CC(Cc1ccc(C(=O)O)cc1)c1ccccc1F. The number of nitrogens with zero attached hydrogens (tertiary/aromatic N) is 1. The second-order valence-corrected chi connectivity index (χ2v) is 4.41. The van der Waals surface area contributed by atoms with Gasteiger partial charge in [-0.25, -0.2) is 9.18 Å². The summed E-state index contributed by atoms with van der Waals surface area (Å²) in [6.45, 7) is 0. The summed E-state index contributed by atoms with van der Waals surface area (Å²) in [5.41, 5.74) is 1.34. The first-order chi connectivity index (χ1) is 9.61. The van der Waals surface area contributed by atoms with Crippen LogP contribution in [0.2, 0.25) is 0 Å². The van der Waals surface area contributed by atoms with Crippen LogP contribution in [0.1, 0.15) is 27.4 Å². The molecule has 20 heavy (non-hydrogen) atoms. The zero-order chi connectivity index (χ0) is 14.5. The predicted molar refractivity (Wildman–Crippen MR) is 71.9 cm³/mol. The van der Waals surface area contributed by atoms with Crippen LogP contribution >= 0.6 is 0 Å². The second kappa shape index (κ2) is 5.98. The number of rotatable bonds is 4. The Morgan fingerprint density at radius 3 is 2.40 bits per heavy atom. The molecule has 1 atom stereocenters. The Balaban J connectivity index is 2.21. The molecule has 0 saturated heterocycles. The summed E-state index contributed by atoms with van der Waals surface area (Å²) in [6.07, 6.45) is 0.345. The first kappa shape index (κ1) is 13.8. The van der Waals surface area contributed by atoms with Crippen molar-refractivity contribution < 1.29 is 14.3 Å². The summed E-state index contributed by atoms with van der Waals surface area (Å²) in [7, 11) is 0. The molecule has 0 radical (unpaired) electrons. The Hall–Kier alpha value is -2.67. The highest BCUT2D eigenvalue weighted by Gasteiger charge is 2.15. The molecule has 3 nitrogen and oxygen atoms in total. The third kappa shape index (κ3) is 3.01. The number of carbonyl (C=O) groups is 1. The molecule has 0 aliphatic rings. The molecule has 4 heteroatoms. The van der Waals surface area contributed by atoms with Gasteiger partial charge in [-0.1, -0.05) is 30.3 Å². The molecule has 2 aromatic carbocycles. The van der Waals surface area contributed by atoms with Crippen LogP contribution in [0, 0.1) is 17.1 Å². The van der Waals surface area contributed by atoms with Crippen molar-refractivity contribution in [2.24, 2.45) is 0 Å². The van der Waals surface area contributed by atoms with Crippen molar-refractivity contribution in [1.29, 1.82) is 5.26 Å². The Bertz CT molecular complexity index is 659. The van der Waals surface area contributed by atoms with E-state index < -0.39 is 17.7 Å². The Morgan fingerprint density at radius 2 is 1.85 bits per heavy atom. The molecule has 100 valence electrons. The van der Waals surface area contributed by atoms with Crippen molar-refractivity contribution >= 4 is 5.97 Å². The lowest BCUT2D eigenvalue weighted by atomic mass is 9.92. The van der Waals surface area contributed by atoms with Gasteiger partial charge in [0.1, 0.15) is 5.82 Å². The second-order valence-electron chi connectivity index (χ2n) is 4.41. The molecular weight excluding hydrogens is 257 g/mol. The molecule has 1 N–H and O–H groups in total. The summed E-state index contributed by atoms with van der Waals surface area (Å²) in [5, 5.41) is 18.0. The standard InChI is InChI=1S/C16H12FNO2/c17-15-4-2-1-3-14(15)13(10-18)9-11-5-7-12(8-6-11)16(19)20/h1-8,13H,9H2,(H,19,20). The monoisotopic (exact) mass is 269 g/mol. The van der Waals surface area contributed by atoms with Crippen molar-refractivity contribution in [2.75, 3.05) is 0 Å². The van der Waals surface area contributed by atoms with Gasteiger partial charge in [-0.2, -0.15) is 5.26 Å². The fourth-order valence-corrected chi connectivity index (χ4v) is 2.00. The van der Waals surface area contributed by atoms with E-state index in [4.69, 9.17) is 5.11 Å². The summed E-state index contributed by atoms with van der Waals surface area (Å²) < 4.78 is 13.7. The lowest BCUT2D eigenvalue weighted by molar-refractivity contribution is 0.0697. The minimum absolute atomic E-state index is 0.188. The number of benzene rings is 2. The number of hydrogen-bond acceptors (Lipinski definition) is 2. The largest absolute Gasteiger partial charge is 0.478 e. The highest BCUT2D eigenvalue weighted by atomic mass is 19.1. The van der Waals surface area contributed by atoms with E-state index in [1.165, 1.54) is 18.2 Å². The third-order valence-electron chi connectivity index (χ3n) is 3.08. The zero-order valence-electron chi connectivity index (χ0n) is 10.6. The average molecular weight is 269 g/mol. The van der Waals surface area contributed by atoms with Crippen LogP contribution in [-0.4, -0.2) is 11.1 Å². The number of carboxylic acids is 1. The van der Waals surface area contributed by atoms with E-state index in [9.17, 15) is 14.4 Å². The van der Waals surface area contributed by atoms with Gasteiger partial charge in [0.2, 0.25) is 0 Å². The molecule has 1 unspecified atom stereocenters. The summed E-state index contributed by atoms with van der Waals surface area (Å²) in [4.78, 5) is 10.8. The minimum atomic E-state index is -0.998. The van der Waals surface area contributed by atoms with Crippen molar-refractivity contribution in [1.82, 2.24) is 0 Å². The number of carboxylic acid groups (broad SMARTS) is 1. The highest BCUT2D eigenvalue weighted by Crippen LogP contribution is 2.23. The molecule has 0 saturated carbocycles. The molecule has 0 aromatic heterocycles. The van der Waals surface area contributed by atoms with Crippen LogP contribution in [-0.2, 0) is 6.42 Å². The summed E-state index contributed by atoms with van der Waals surface area (Å²) in [5.74, 6) is -1.99. The highest BCUT2D eigenvalue weighted by molar-refractivity contribution is 5.87. The van der Waals surface area contributed by atoms with E-state index >= 15 is 0 Å². The Labute approximate surface area is 115 Å². The van der Waals surface area contributed by atoms with Gasteiger partial charge in [0.25, 0.3) is 0 Å². The van der Waals surface area contributed by atoms with Gasteiger partial charge >= 0.3 is 5.97 Å². The topological polar surface area (TPSA) is 61.1 Å². The minimum Gasteiger partial charge on any atom is -0.478 e. The number of aromatic carboxylic acids is 1. The van der Waals surface area contributed by atoms with Gasteiger partial charge in [-0.05, 0) is 30.2 Å². The van der Waals surface area contributed by atoms with Gasteiger partial charge in [0, 0.05) is 5.56 Å². The maximum Gasteiger partial charge on any atom is 0.335 e. The van der Waals surface area contributed by atoms with Crippen LogP contribution in [0.4, 0.5) is 4.39 Å². The van der Waals surface area contributed by atoms with Crippen molar-refractivity contribution in [3.05, 3.63) is 71.0 Å². The molecule has 0 aliphatic carbocycles. The number of nitriles is 1. The molecule has 2 aromatic rings. The molecular formula is C16H12FNO2. The van der Waals surface area contributed by atoms with E-state index in [-0.39, 0.29) is 5.56 Å². The Morgan fingerprint density at radius 1 is 1.20 bits per heavy atom. The van der Waals surface area contributed by atoms with E-state index in [2.05, 4.69) is 6.07 Å². The van der Waals surface area contributed by atoms with Crippen molar-refractivity contribution in [3.63, 3.8) is 0 Å². The van der Waals surface area contributed by atoms with E-state index in [1.807, 2.05) is 0 Å². The fraction of sp³-hybridized carbons (Fsp3) is 0.125. The lowest BCUT2D eigenvalue weighted by Crippen LogP contribution is -2.04. The average Bonchev–Trinajstić information content (AvgIpc) is 2.46. The van der Waals surface area contributed by atoms with Gasteiger partial charge < -0.3 is 5.11 Å². The van der Waals surface area contributed by atoms with Crippen molar-refractivity contribution in [3.8, 4) is 6.07 Å². The quantitative estimate of drug-likeness (QED) is 0.925. The summed E-state index contributed by atoms with van der Waals surface area (Å²) >= 11 is 0. The van der Waals surface area contributed by atoms with Crippen LogP contribution in [0.5, 0.6) is 0 Å². The van der Waals surface area contributed by atoms with Crippen LogP contribution in [0.3, 0.4) is 0 Å². The number of halogens is 1.